The Kier molecular flexibility index (Phi) is 7.01. The summed E-state index contributed by atoms with van der Waals surface area (Å²) in [5.41, 5.74) is 0.813. The summed E-state index contributed by atoms with van der Waals surface area (Å²) in [6.45, 7) is 0.791. The van der Waals surface area contributed by atoms with E-state index < -0.39 is 0 Å². The van der Waals surface area contributed by atoms with E-state index >= 15 is 0 Å². The number of hydrogen-bond acceptors (Lipinski definition) is 2. The van der Waals surface area contributed by atoms with Crippen molar-refractivity contribution < 1.29 is 9.53 Å². The first-order valence-electron chi connectivity index (χ1n) is 10.1. The molecule has 0 atom stereocenters. The zero-order chi connectivity index (χ0) is 17.3. The van der Waals surface area contributed by atoms with Crippen LogP contribution < -0.4 is 15.4 Å². The third-order valence-electron chi connectivity index (χ3n) is 5.57. The minimum Gasteiger partial charge on any atom is -0.494 e. The van der Waals surface area contributed by atoms with Gasteiger partial charge in [-0.2, -0.15) is 0 Å². The molecule has 1 aromatic carbocycles. The number of ether oxygens (including phenoxy) is 1. The number of benzene rings is 1. The molecular formula is C21H32N2O2. The summed E-state index contributed by atoms with van der Waals surface area (Å²) in [5, 5.41) is 5.99. The first-order valence-corrected chi connectivity index (χ1v) is 10.1. The molecule has 2 fully saturated rings. The first-order chi connectivity index (χ1) is 12.3. The largest absolute Gasteiger partial charge is 0.494 e. The lowest BCUT2D eigenvalue weighted by molar-refractivity contribution is 0.244. The van der Waals surface area contributed by atoms with E-state index in [0.29, 0.717) is 6.04 Å². The quantitative estimate of drug-likeness (QED) is 0.717. The maximum Gasteiger partial charge on any atom is 0.319 e. The average molecular weight is 344 g/mol. The molecule has 2 N–H and O–H groups in total. The SMILES string of the molecule is O=C(Nc1ccc(OCCC2CCCCC2)cc1)NC1CCCCC1. The van der Waals surface area contributed by atoms with Crippen molar-refractivity contribution >= 4 is 11.7 Å². The number of carbonyl (C=O) groups is 1. The number of amides is 2. The van der Waals surface area contributed by atoms with Gasteiger partial charge in [0.1, 0.15) is 5.75 Å². The molecule has 25 heavy (non-hydrogen) atoms. The lowest BCUT2D eigenvalue weighted by Crippen LogP contribution is -2.38. The molecule has 138 valence electrons. The van der Waals surface area contributed by atoms with Crippen LogP contribution in [0.1, 0.15) is 70.6 Å². The summed E-state index contributed by atoms with van der Waals surface area (Å²) in [4.78, 5) is 12.1. The van der Waals surface area contributed by atoms with E-state index in [0.717, 1.165) is 43.2 Å². The van der Waals surface area contributed by atoms with Crippen LogP contribution >= 0.6 is 0 Å². The highest BCUT2D eigenvalue weighted by molar-refractivity contribution is 5.89. The molecule has 4 heteroatoms. The summed E-state index contributed by atoms with van der Waals surface area (Å²) >= 11 is 0. The predicted molar refractivity (Wildman–Crippen MR) is 102 cm³/mol. The van der Waals surface area contributed by atoms with Crippen LogP contribution in [0.4, 0.5) is 10.5 Å². The van der Waals surface area contributed by atoms with Gasteiger partial charge in [0.25, 0.3) is 0 Å². The maximum absolute atomic E-state index is 12.1. The molecule has 1 aromatic rings. The van der Waals surface area contributed by atoms with Crippen LogP contribution in [0.5, 0.6) is 5.75 Å². The van der Waals surface area contributed by atoms with Crippen molar-refractivity contribution in [2.24, 2.45) is 5.92 Å². The summed E-state index contributed by atoms with van der Waals surface area (Å²) in [6, 6.07) is 7.94. The molecule has 0 bridgehead atoms. The molecule has 0 unspecified atom stereocenters. The van der Waals surface area contributed by atoms with E-state index in [9.17, 15) is 4.79 Å². The number of hydrogen-bond donors (Lipinski definition) is 2. The van der Waals surface area contributed by atoms with Gasteiger partial charge >= 0.3 is 6.03 Å². The molecule has 3 rings (SSSR count). The maximum atomic E-state index is 12.1. The van der Waals surface area contributed by atoms with Gasteiger partial charge in [-0.1, -0.05) is 51.4 Å². The van der Waals surface area contributed by atoms with Crippen LogP contribution in [0.15, 0.2) is 24.3 Å². The van der Waals surface area contributed by atoms with Crippen molar-refractivity contribution in [1.29, 1.82) is 0 Å². The van der Waals surface area contributed by atoms with Crippen LogP contribution in [0.3, 0.4) is 0 Å². The Morgan fingerprint density at radius 1 is 0.920 bits per heavy atom. The van der Waals surface area contributed by atoms with Crippen LogP contribution in [0.2, 0.25) is 0 Å². The van der Waals surface area contributed by atoms with Gasteiger partial charge in [0, 0.05) is 11.7 Å². The number of anilines is 1. The molecule has 0 saturated heterocycles. The van der Waals surface area contributed by atoms with Crippen molar-refractivity contribution in [2.45, 2.75) is 76.7 Å². The fourth-order valence-electron chi connectivity index (χ4n) is 4.05. The molecular weight excluding hydrogens is 312 g/mol. The van der Waals surface area contributed by atoms with Gasteiger partial charge in [0.2, 0.25) is 0 Å². The van der Waals surface area contributed by atoms with Crippen molar-refractivity contribution in [3.63, 3.8) is 0 Å². The third kappa shape index (κ3) is 6.26. The highest BCUT2D eigenvalue weighted by atomic mass is 16.5. The summed E-state index contributed by atoms with van der Waals surface area (Å²) in [6.07, 6.45) is 14.0. The second kappa shape index (κ2) is 9.69. The smallest absolute Gasteiger partial charge is 0.319 e. The van der Waals surface area contributed by atoms with E-state index in [2.05, 4.69) is 10.6 Å². The zero-order valence-electron chi connectivity index (χ0n) is 15.3. The minimum absolute atomic E-state index is 0.0992. The van der Waals surface area contributed by atoms with Crippen LogP contribution in [0.25, 0.3) is 0 Å². The van der Waals surface area contributed by atoms with Crippen LogP contribution in [-0.2, 0) is 0 Å². The summed E-state index contributed by atoms with van der Waals surface area (Å²) < 4.78 is 5.86. The van der Waals surface area contributed by atoms with Crippen LogP contribution in [0, 0.1) is 5.92 Å². The third-order valence-corrected chi connectivity index (χ3v) is 5.57. The average Bonchev–Trinajstić information content (AvgIpc) is 2.65. The molecule has 0 radical (unpaired) electrons. The van der Waals surface area contributed by atoms with Gasteiger partial charge in [-0.25, -0.2) is 4.79 Å². The fourth-order valence-corrected chi connectivity index (χ4v) is 4.05. The first kappa shape index (κ1) is 18.1. The fraction of sp³-hybridized carbons (Fsp3) is 0.667. The standard InChI is InChI=1S/C21H32N2O2/c24-21(22-18-9-5-2-6-10-18)23-19-11-13-20(14-12-19)25-16-15-17-7-3-1-4-8-17/h11-14,17-18H,1-10,15-16H2,(H2,22,23,24). The molecule has 4 nitrogen and oxygen atoms in total. The number of nitrogens with one attached hydrogen (secondary N) is 2. The van der Waals surface area contributed by atoms with E-state index in [1.54, 1.807) is 0 Å². The Balaban J connectivity index is 1.36. The van der Waals surface area contributed by atoms with Crippen molar-refractivity contribution in [2.75, 3.05) is 11.9 Å². The number of rotatable bonds is 6. The van der Waals surface area contributed by atoms with Crippen molar-refractivity contribution in [3.8, 4) is 5.75 Å². The van der Waals surface area contributed by atoms with E-state index in [-0.39, 0.29) is 6.03 Å². The lowest BCUT2D eigenvalue weighted by Gasteiger charge is -2.23. The van der Waals surface area contributed by atoms with Gasteiger partial charge in [-0.15, -0.1) is 0 Å². The summed E-state index contributed by atoms with van der Waals surface area (Å²) in [7, 11) is 0. The van der Waals surface area contributed by atoms with E-state index in [4.69, 9.17) is 4.74 Å². The lowest BCUT2D eigenvalue weighted by atomic mass is 9.87. The predicted octanol–water partition coefficient (Wildman–Crippen LogP) is 5.49. The Bertz CT molecular complexity index is 517. The van der Waals surface area contributed by atoms with Gasteiger partial charge in [-0.3, -0.25) is 0 Å². The molecule has 2 amide bonds. The van der Waals surface area contributed by atoms with E-state index in [1.165, 1.54) is 51.4 Å². The number of urea groups is 1. The molecule has 0 aromatic heterocycles. The zero-order valence-corrected chi connectivity index (χ0v) is 15.3. The Morgan fingerprint density at radius 2 is 1.56 bits per heavy atom. The van der Waals surface area contributed by atoms with Gasteiger partial charge in [0.15, 0.2) is 0 Å². The van der Waals surface area contributed by atoms with Crippen LogP contribution in [-0.4, -0.2) is 18.7 Å². The molecule has 0 aliphatic heterocycles. The highest BCUT2D eigenvalue weighted by Gasteiger charge is 2.15. The molecule has 2 aliphatic rings. The molecule has 0 spiro atoms. The highest BCUT2D eigenvalue weighted by Crippen LogP contribution is 2.26. The minimum atomic E-state index is -0.0992. The monoisotopic (exact) mass is 344 g/mol. The topological polar surface area (TPSA) is 50.4 Å². The molecule has 2 saturated carbocycles. The molecule has 2 aliphatic carbocycles. The Morgan fingerprint density at radius 3 is 2.24 bits per heavy atom. The van der Waals surface area contributed by atoms with E-state index in [1.807, 2.05) is 24.3 Å². The Hall–Kier alpha value is -1.71. The molecule has 0 heterocycles. The normalized spacial score (nSPS) is 19.4. The van der Waals surface area contributed by atoms with Crippen molar-refractivity contribution in [3.05, 3.63) is 24.3 Å². The van der Waals surface area contributed by atoms with Crippen molar-refractivity contribution in [1.82, 2.24) is 5.32 Å². The van der Waals surface area contributed by atoms with Gasteiger partial charge < -0.3 is 15.4 Å². The van der Waals surface area contributed by atoms with Gasteiger partial charge in [0.05, 0.1) is 6.61 Å². The second-order valence-electron chi connectivity index (χ2n) is 7.60. The number of carbonyl (C=O) groups excluding carboxylic acids is 1. The second-order valence-corrected chi connectivity index (χ2v) is 7.60. The van der Waals surface area contributed by atoms with Gasteiger partial charge in [-0.05, 0) is 49.4 Å². The summed E-state index contributed by atoms with van der Waals surface area (Å²) in [5.74, 6) is 1.73. The Labute approximate surface area is 151 Å².